The molecule has 0 saturated carbocycles. The second-order valence-electron chi connectivity index (χ2n) is 5.55. The van der Waals surface area contributed by atoms with Gasteiger partial charge in [-0.15, -0.1) is 0 Å². The van der Waals surface area contributed by atoms with Crippen molar-refractivity contribution in [1.29, 1.82) is 0 Å². The van der Waals surface area contributed by atoms with Gasteiger partial charge in [-0.05, 0) is 31.4 Å². The molecule has 1 aromatic rings. The number of nitrogens with zero attached hydrogens (tertiary/aromatic N) is 1. The van der Waals surface area contributed by atoms with Gasteiger partial charge in [-0.2, -0.15) is 0 Å². The Morgan fingerprint density at radius 1 is 1.25 bits per heavy atom. The second kappa shape index (κ2) is 6.45. The second-order valence-corrected chi connectivity index (χ2v) is 7.70. The molecule has 0 heterocycles. The van der Waals surface area contributed by atoms with Gasteiger partial charge < -0.3 is 10.5 Å². The molecule has 114 valence electrons. The molecule has 0 aliphatic heterocycles. The van der Waals surface area contributed by atoms with Gasteiger partial charge >= 0.3 is 0 Å². The van der Waals surface area contributed by atoms with Crippen LogP contribution in [0.15, 0.2) is 23.1 Å². The summed E-state index contributed by atoms with van der Waals surface area (Å²) in [4.78, 5) is 0.184. The van der Waals surface area contributed by atoms with Gasteiger partial charge in [0.2, 0.25) is 10.0 Å². The van der Waals surface area contributed by atoms with Crippen molar-refractivity contribution in [3.63, 3.8) is 0 Å². The third-order valence-corrected chi connectivity index (χ3v) is 4.71. The van der Waals surface area contributed by atoms with Crippen molar-refractivity contribution in [2.24, 2.45) is 5.92 Å². The number of rotatable bonds is 6. The molecule has 5 nitrogen and oxygen atoms in total. The number of ether oxygens (including phenoxy) is 1. The first-order valence-electron chi connectivity index (χ1n) is 6.63. The van der Waals surface area contributed by atoms with Gasteiger partial charge in [0.25, 0.3) is 0 Å². The minimum Gasteiger partial charge on any atom is -0.489 e. The van der Waals surface area contributed by atoms with Crippen molar-refractivity contribution in [1.82, 2.24) is 4.31 Å². The maximum absolute atomic E-state index is 12.1. The molecule has 0 fully saturated rings. The maximum Gasteiger partial charge on any atom is 0.242 e. The van der Waals surface area contributed by atoms with Crippen molar-refractivity contribution in [2.45, 2.75) is 38.2 Å². The lowest BCUT2D eigenvalue weighted by Crippen LogP contribution is -2.22. The molecule has 0 bridgehead atoms. The summed E-state index contributed by atoms with van der Waals surface area (Å²) in [6.45, 7) is 6.17. The standard InChI is InChI=1S/C14H24N2O3S/c1-10(2)8-11(3)19-14-9-12(6-7-13(14)15)20(17,18)16(4)5/h6-7,9-11H,8,15H2,1-5H3. The fraction of sp³-hybridized carbons (Fsp3) is 0.571. The zero-order chi connectivity index (χ0) is 15.5. The molecule has 1 rings (SSSR count). The predicted molar refractivity (Wildman–Crippen MR) is 81.3 cm³/mol. The lowest BCUT2D eigenvalue weighted by atomic mass is 10.1. The highest BCUT2D eigenvalue weighted by Crippen LogP contribution is 2.28. The minimum absolute atomic E-state index is 0.0189. The summed E-state index contributed by atoms with van der Waals surface area (Å²) in [5, 5.41) is 0. The molecule has 0 radical (unpaired) electrons. The maximum atomic E-state index is 12.1. The molecule has 1 unspecified atom stereocenters. The van der Waals surface area contributed by atoms with Crippen LogP contribution in [0, 0.1) is 5.92 Å². The Labute approximate surface area is 121 Å². The average Bonchev–Trinajstić information content (AvgIpc) is 2.30. The quantitative estimate of drug-likeness (QED) is 0.818. The molecule has 20 heavy (non-hydrogen) atoms. The van der Waals surface area contributed by atoms with E-state index in [1.807, 2.05) is 6.92 Å². The highest BCUT2D eigenvalue weighted by atomic mass is 32.2. The summed E-state index contributed by atoms with van der Waals surface area (Å²) in [7, 11) is -0.490. The van der Waals surface area contributed by atoms with E-state index in [1.54, 1.807) is 6.07 Å². The summed E-state index contributed by atoms with van der Waals surface area (Å²) in [5.74, 6) is 0.918. The molecule has 0 spiro atoms. The average molecular weight is 300 g/mol. The number of anilines is 1. The largest absolute Gasteiger partial charge is 0.489 e. The van der Waals surface area contributed by atoms with E-state index in [2.05, 4.69) is 13.8 Å². The van der Waals surface area contributed by atoms with E-state index in [4.69, 9.17) is 10.5 Å². The van der Waals surface area contributed by atoms with Gasteiger partial charge in [0.1, 0.15) is 5.75 Å². The number of nitrogen functional groups attached to an aromatic ring is 1. The first kappa shape index (κ1) is 16.8. The smallest absolute Gasteiger partial charge is 0.242 e. The molecule has 6 heteroatoms. The third-order valence-electron chi connectivity index (χ3n) is 2.90. The third kappa shape index (κ3) is 4.11. The van der Waals surface area contributed by atoms with Gasteiger partial charge in [0.15, 0.2) is 0 Å². The number of nitrogens with two attached hydrogens (primary N) is 1. The topological polar surface area (TPSA) is 72.6 Å². The van der Waals surface area contributed by atoms with Crippen LogP contribution < -0.4 is 10.5 Å². The number of hydrogen-bond acceptors (Lipinski definition) is 4. The van der Waals surface area contributed by atoms with Crippen LogP contribution in [0.5, 0.6) is 5.75 Å². The van der Waals surface area contributed by atoms with Gasteiger partial charge in [0, 0.05) is 20.2 Å². The van der Waals surface area contributed by atoms with Crippen molar-refractivity contribution in [2.75, 3.05) is 19.8 Å². The van der Waals surface area contributed by atoms with Crippen LogP contribution in [0.4, 0.5) is 5.69 Å². The fourth-order valence-electron chi connectivity index (χ4n) is 1.92. The lowest BCUT2D eigenvalue weighted by molar-refractivity contribution is 0.194. The fourth-order valence-corrected chi connectivity index (χ4v) is 2.83. The highest BCUT2D eigenvalue weighted by molar-refractivity contribution is 7.89. The van der Waals surface area contributed by atoms with E-state index in [-0.39, 0.29) is 11.0 Å². The molecule has 0 aliphatic rings. The Morgan fingerprint density at radius 2 is 1.85 bits per heavy atom. The van der Waals surface area contributed by atoms with Crippen molar-refractivity contribution >= 4 is 15.7 Å². The zero-order valence-corrected chi connectivity index (χ0v) is 13.6. The number of hydrogen-bond donors (Lipinski definition) is 1. The van der Waals surface area contributed by atoms with Gasteiger partial charge in [-0.25, -0.2) is 12.7 Å². The van der Waals surface area contributed by atoms with E-state index in [0.717, 1.165) is 6.42 Å². The Hall–Kier alpha value is -1.27. The van der Waals surface area contributed by atoms with Crippen LogP contribution in [0.3, 0.4) is 0 Å². The predicted octanol–water partition coefficient (Wildman–Crippen LogP) is 2.33. The minimum atomic E-state index is -3.48. The first-order valence-corrected chi connectivity index (χ1v) is 8.07. The van der Waals surface area contributed by atoms with E-state index >= 15 is 0 Å². The van der Waals surface area contributed by atoms with Crippen LogP contribution in [-0.2, 0) is 10.0 Å². The van der Waals surface area contributed by atoms with E-state index in [0.29, 0.717) is 17.4 Å². The Morgan fingerprint density at radius 3 is 2.35 bits per heavy atom. The molecule has 0 amide bonds. The van der Waals surface area contributed by atoms with Crippen LogP contribution in [0.1, 0.15) is 27.2 Å². The summed E-state index contributed by atoms with van der Waals surface area (Å²) in [6.07, 6.45) is 0.860. The summed E-state index contributed by atoms with van der Waals surface area (Å²) < 4.78 is 31.1. The molecule has 2 N–H and O–H groups in total. The Bertz CT molecular complexity index is 554. The summed E-state index contributed by atoms with van der Waals surface area (Å²) in [5.41, 5.74) is 6.30. The molecule has 1 aromatic carbocycles. The molecule has 0 aromatic heterocycles. The normalized spacial score (nSPS) is 13.8. The van der Waals surface area contributed by atoms with E-state index < -0.39 is 10.0 Å². The zero-order valence-electron chi connectivity index (χ0n) is 12.8. The van der Waals surface area contributed by atoms with E-state index in [9.17, 15) is 8.42 Å². The van der Waals surface area contributed by atoms with Gasteiger partial charge in [-0.1, -0.05) is 13.8 Å². The van der Waals surface area contributed by atoms with Crippen LogP contribution in [0.2, 0.25) is 0 Å². The van der Waals surface area contributed by atoms with Crippen LogP contribution in [-0.4, -0.2) is 32.9 Å². The first-order chi connectivity index (χ1) is 9.14. The van der Waals surface area contributed by atoms with E-state index in [1.165, 1.54) is 30.5 Å². The van der Waals surface area contributed by atoms with Crippen molar-refractivity contribution in [3.05, 3.63) is 18.2 Å². The number of benzene rings is 1. The lowest BCUT2D eigenvalue weighted by Gasteiger charge is -2.19. The van der Waals surface area contributed by atoms with Gasteiger partial charge in [-0.3, -0.25) is 0 Å². The van der Waals surface area contributed by atoms with Crippen molar-refractivity contribution < 1.29 is 13.2 Å². The highest BCUT2D eigenvalue weighted by Gasteiger charge is 2.19. The molecule has 0 saturated heterocycles. The molecular weight excluding hydrogens is 276 g/mol. The molecular formula is C14H24N2O3S. The summed E-state index contributed by atoms with van der Waals surface area (Å²) in [6, 6.07) is 4.54. The monoisotopic (exact) mass is 300 g/mol. The Kier molecular flexibility index (Phi) is 5.42. The molecule has 1 atom stereocenters. The Balaban J connectivity index is 3.04. The SMILES string of the molecule is CC(C)CC(C)Oc1cc(S(=O)(=O)N(C)C)ccc1N. The molecule has 0 aliphatic carbocycles. The number of sulfonamides is 1. The van der Waals surface area contributed by atoms with Crippen LogP contribution >= 0.6 is 0 Å². The van der Waals surface area contributed by atoms with Gasteiger partial charge in [0.05, 0.1) is 16.7 Å². The van der Waals surface area contributed by atoms with Crippen LogP contribution in [0.25, 0.3) is 0 Å². The van der Waals surface area contributed by atoms with Crippen molar-refractivity contribution in [3.8, 4) is 5.75 Å². The summed E-state index contributed by atoms with van der Waals surface area (Å²) >= 11 is 0.